The number of carbonyl (C=O) groups excluding carboxylic acids is 2. The van der Waals surface area contributed by atoms with Gasteiger partial charge in [0.15, 0.2) is 11.2 Å². The molecule has 1 aliphatic carbocycles. The standard InChI is InChI=1S/C19H25N3O3S/c1-10-5-4-6-14(11(10)2)21-17(23)12(3)25-18(24)13-7-8-15-16(9-13)26-19(20)22-15/h7-12,14H,4-6H2,1-3H3,(H2,20,22)(H,21,23)/t10-,11-,12-,14+/m0/s1. The number of amides is 1. The molecule has 26 heavy (non-hydrogen) atoms. The molecule has 7 heteroatoms. The molecule has 0 spiro atoms. The molecule has 1 aliphatic rings. The summed E-state index contributed by atoms with van der Waals surface area (Å²) in [6, 6.07) is 5.21. The van der Waals surface area contributed by atoms with Crippen molar-refractivity contribution >= 4 is 38.6 Å². The monoisotopic (exact) mass is 375 g/mol. The van der Waals surface area contributed by atoms with E-state index in [1.54, 1.807) is 25.1 Å². The van der Waals surface area contributed by atoms with Gasteiger partial charge in [0, 0.05) is 6.04 Å². The molecule has 0 aliphatic heterocycles. The molecule has 1 aromatic carbocycles. The van der Waals surface area contributed by atoms with Crippen LogP contribution in [0.5, 0.6) is 0 Å². The van der Waals surface area contributed by atoms with Crippen LogP contribution in [0.1, 0.15) is 50.4 Å². The normalized spacial score (nSPS) is 24.2. The number of rotatable bonds is 4. The van der Waals surface area contributed by atoms with E-state index in [-0.39, 0.29) is 11.9 Å². The van der Waals surface area contributed by atoms with Gasteiger partial charge in [-0.1, -0.05) is 38.0 Å². The zero-order valence-electron chi connectivity index (χ0n) is 15.3. The molecule has 3 rings (SSSR count). The van der Waals surface area contributed by atoms with Crippen LogP contribution in [0.2, 0.25) is 0 Å². The van der Waals surface area contributed by atoms with Gasteiger partial charge in [-0.2, -0.15) is 0 Å². The first-order valence-electron chi connectivity index (χ1n) is 9.02. The van der Waals surface area contributed by atoms with E-state index < -0.39 is 12.1 Å². The number of carbonyl (C=O) groups is 2. The van der Waals surface area contributed by atoms with E-state index in [4.69, 9.17) is 10.5 Å². The number of anilines is 1. The molecule has 0 radical (unpaired) electrons. The molecule has 140 valence electrons. The van der Waals surface area contributed by atoms with Gasteiger partial charge in [-0.15, -0.1) is 0 Å². The van der Waals surface area contributed by atoms with Crippen LogP contribution in [0.25, 0.3) is 10.2 Å². The van der Waals surface area contributed by atoms with Crippen molar-refractivity contribution in [2.45, 2.75) is 52.2 Å². The Morgan fingerprint density at radius 3 is 2.88 bits per heavy atom. The number of nitrogen functional groups attached to an aromatic ring is 1. The van der Waals surface area contributed by atoms with Crippen molar-refractivity contribution < 1.29 is 14.3 Å². The number of hydrogen-bond acceptors (Lipinski definition) is 6. The van der Waals surface area contributed by atoms with Gasteiger partial charge >= 0.3 is 5.97 Å². The predicted octanol–water partition coefficient (Wildman–Crippen LogP) is 3.36. The highest BCUT2D eigenvalue weighted by Crippen LogP contribution is 2.29. The van der Waals surface area contributed by atoms with Crippen LogP contribution >= 0.6 is 11.3 Å². The molecule has 6 nitrogen and oxygen atoms in total. The number of nitrogens with one attached hydrogen (secondary N) is 1. The third kappa shape index (κ3) is 3.98. The minimum absolute atomic E-state index is 0.143. The van der Waals surface area contributed by atoms with Crippen LogP contribution in [0, 0.1) is 11.8 Å². The lowest BCUT2D eigenvalue weighted by atomic mass is 9.78. The number of thiazole rings is 1. The van der Waals surface area contributed by atoms with E-state index in [0.717, 1.165) is 23.1 Å². The minimum atomic E-state index is -0.839. The first kappa shape index (κ1) is 18.6. The van der Waals surface area contributed by atoms with Gasteiger partial charge in [0.05, 0.1) is 15.8 Å². The molecule has 4 atom stereocenters. The number of benzene rings is 1. The number of nitrogens with two attached hydrogens (primary N) is 1. The number of hydrogen-bond donors (Lipinski definition) is 2. The second kappa shape index (κ2) is 7.61. The lowest BCUT2D eigenvalue weighted by Crippen LogP contribution is -2.47. The lowest BCUT2D eigenvalue weighted by molar-refractivity contribution is -0.130. The predicted molar refractivity (Wildman–Crippen MR) is 103 cm³/mol. The summed E-state index contributed by atoms with van der Waals surface area (Å²) in [6.07, 6.45) is 2.45. The SMILES string of the molecule is C[C@H]1[C@@H](C)CCC[C@H]1NC(=O)[C@H](C)OC(=O)c1ccc2nc(N)sc2c1. The summed E-state index contributed by atoms with van der Waals surface area (Å²) in [5, 5.41) is 3.50. The van der Waals surface area contributed by atoms with Crippen LogP contribution < -0.4 is 11.1 Å². The summed E-state index contributed by atoms with van der Waals surface area (Å²) in [4.78, 5) is 29.0. The average Bonchev–Trinajstić information content (AvgIpc) is 2.97. The molecule has 1 saturated carbocycles. The topological polar surface area (TPSA) is 94.3 Å². The highest BCUT2D eigenvalue weighted by atomic mass is 32.1. The largest absolute Gasteiger partial charge is 0.449 e. The van der Waals surface area contributed by atoms with Crippen LogP contribution in [-0.2, 0) is 9.53 Å². The number of nitrogens with zero attached hydrogens (tertiary/aromatic N) is 1. The maximum atomic E-state index is 12.4. The number of esters is 1. The van der Waals surface area contributed by atoms with Crippen molar-refractivity contribution in [1.82, 2.24) is 10.3 Å². The third-order valence-corrected chi connectivity index (χ3v) is 6.18. The Hall–Kier alpha value is -2.15. The summed E-state index contributed by atoms with van der Waals surface area (Å²) in [7, 11) is 0. The zero-order chi connectivity index (χ0) is 18.8. The summed E-state index contributed by atoms with van der Waals surface area (Å²) in [6.45, 7) is 5.99. The van der Waals surface area contributed by atoms with Crippen LogP contribution in [0.15, 0.2) is 18.2 Å². The van der Waals surface area contributed by atoms with Gasteiger partial charge in [-0.3, -0.25) is 4.79 Å². The maximum Gasteiger partial charge on any atom is 0.338 e. The van der Waals surface area contributed by atoms with E-state index in [1.165, 1.54) is 17.8 Å². The highest BCUT2D eigenvalue weighted by molar-refractivity contribution is 7.22. The van der Waals surface area contributed by atoms with E-state index in [0.29, 0.717) is 22.5 Å². The Balaban J connectivity index is 1.61. The molecule has 3 N–H and O–H groups in total. The fourth-order valence-electron chi connectivity index (χ4n) is 3.44. The van der Waals surface area contributed by atoms with Gasteiger partial charge < -0.3 is 15.8 Å². The molecular weight excluding hydrogens is 350 g/mol. The molecule has 1 aromatic heterocycles. The summed E-state index contributed by atoms with van der Waals surface area (Å²) < 4.78 is 6.18. The summed E-state index contributed by atoms with van der Waals surface area (Å²) >= 11 is 1.31. The lowest BCUT2D eigenvalue weighted by Gasteiger charge is -2.35. The molecule has 1 amide bonds. The smallest absolute Gasteiger partial charge is 0.338 e. The molecule has 1 heterocycles. The fraction of sp³-hybridized carbons (Fsp3) is 0.526. The summed E-state index contributed by atoms with van der Waals surface area (Å²) in [5.74, 6) is 0.249. The second-order valence-corrected chi connectivity index (χ2v) is 8.23. The Morgan fingerprint density at radius 1 is 1.35 bits per heavy atom. The minimum Gasteiger partial charge on any atom is -0.449 e. The van der Waals surface area contributed by atoms with Gasteiger partial charge in [0.2, 0.25) is 0 Å². The van der Waals surface area contributed by atoms with Crippen molar-refractivity contribution in [2.24, 2.45) is 11.8 Å². The molecular formula is C19H25N3O3S. The van der Waals surface area contributed by atoms with Crippen molar-refractivity contribution in [3.8, 4) is 0 Å². The maximum absolute atomic E-state index is 12.4. The van der Waals surface area contributed by atoms with Crippen molar-refractivity contribution in [3.63, 3.8) is 0 Å². The third-order valence-electron chi connectivity index (χ3n) is 5.33. The van der Waals surface area contributed by atoms with Gasteiger partial charge in [0.1, 0.15) is 0 Å². The molecule has 0 unspecified atom stereocenters. The first-order chi connectivity index (χ1) is 12.3. The van der Waals surface area contributed by atoms with E-state index >= 15 is 0 Å². The van der Waals surface area contributed by atoms with Gasteiger partial charge in [-0.25, -0.2) is 9.78 Å². The van der Waals surface area contributed by atoms with E-state index in [9.17, 15) is 9.59 Å². The quantitative estimate of drug-likeness (QED) is 0.799. The average molecular weight is 375 g/mol. The number of ether oxygens (including phenoxy) is 1. The van der Waals surface area contributed by atoms with E-state index in [2.05, 4.69) is 24.1 Å². The van der Waals surface area contributed by atoms with Gasteiger partial charge in [0.25, 0.3) is 5.91 Å². The Kier molecular flexibility index (Phi) is 5.46. The van der Waals surface area contributed by atoms with Crippen LogP contribution in [0.3, 0.4) is 0 Å². The molecule has 1 fully saturated rings. The van der Waals surface area contributed by atoms with Crippen LogP contribution in [-0.4, -0.2) is 29.0 Å². The second-order valence-electron chi connectivity index (χ2n) is 7.16. The Bertz CT molecular complexity index is 819. The fourth-order valence-corrected chi connectivity index (χ4v) is 4.21. The summed E-state index contributed by atoms with van der Waals surface area (Å²) in [5.41, 5.74) is 6.82. The molecule has 2 aromatic rings. The molecule has 0 saturated heterocycles. The van der Waals surface area contributed by atoms with Gasteiger partial charge in [-0.05, 0) is 43.4 Å². The highest BCUT2D eigenvalue weighted by Gasteiger charge is 2.30. The van der Waals surface area contributed by atoms with Crippen LogP contribution in [0.4, 0.5) is 5.13 Å². The number of aromatic nitrogens is 1. The van der Waals surface area contributed by atoms with Crippen molar-refractivity contribution in [2.75, 3.05) is 5.73 Å². The van der Waals surface area contributed by atoms with E-state index in [1.807, 2.05) is 0 Å². The first-order valence-corrected chi connectivity index (χ1v) is 9.84. The molecule has 0 bridgehead atoms. The number of fused-ring (bicyclic) bond motifs is 1. The van der Waals surface area contributed by atoms with Crippen molar-refractivity contribution in [3.05, 3.63) is 23.8 Å². The van der Waals surface area contributed by atoms with Crippen molar-refractivity contribution in [1.29, 1.82) is 0 Å². The zero-order valence-corrected chi connectivity index (χ0v) is 16.1. The Labute approximate surface area is 157 Å². The Morgan fingerprint density at radius 2 is 2.12 bits per heavy atom.